The largest absolute Gasteiger partial charge is 0.362 e. The van der Waals surface area contributed by atoms with Crippen molar-refractivity contribution in [3.05, 3.63) is 45.5 Å². The number of hydrogen-bond donors (Lipinski definition) is 3. The summed E-state index contributed by atoms with van der Waals surface area (Å²) < 4.78 is 30.9. The molecule has 0 saturated carbocycles. The van der Waals surface area contributed by atoms with Gasteiger partial charge in [0, 0.05) is 37.6 Å². The summed E-state index contributed by atoms with van der Waals surface area (Å²) in [7, 11) is 0. The average molecular weight is 433 g/mol. The molecule has 0 aromatic carbocycles. The molecule has 164 valence electrons. The SMILES string of the molecule is CC(C)NC(=O)CC1CN(c2cc(-c3c[nH]c(=O)[nH]c3=O)nn3ccnc23)CC1(F)F. The van der Waals surface area contributed by atoms with Crippen LogP contribution in [-0.2, 0) is 4.79 Å². The molecule has 0 spiro atoms. The Labute approximate surface area is 174 Å². The van der Waals surface area contributed by atoms with Gasteiger partial charge in [0.05, 0.1) is 23.7 Å². The summed E-state index contributed by atoms with van der Waals surface area (Å²) in [6.45, 7) is 2.87. The minimum Gasteiger partial charge on any atom is -0.362 e. The molecule has 1 atom stereocenters. The molecule has 10 nitrogen and oxygen atoms in total. The van der Waals surface area contributed by atoms with Gasteiger partial charge in [-0.05, 0) is 19.9 Å². The van der Waals surface area contributed by atoms with Gasteiger partial charge in [0.1, 0.15) is 5.69 Å². The van der Waals surface area contributed by atoms with Crippen LogP contribution in [0.1, 0.15) is 20.3 Å². The Kier molecular flexibility index (Phi) is 5.07. The van der Waals surface area contributed by atoms with Crippen LogP contribution < -0.4 is 21.5 Å². The third-order valence-corrected chi connectivity index (χ3v) is 5.10. The Morgan fingerprint density at radius 2 is 2.16 bits per heavy atom. The van der Waals surface area contributed by atoms with E-state index in [0.717, 1.165) is 0 Å². The number of carbonyl (C=O) groups excluding carboxylic acids is 1. The number of alkyl halides is 2. The molecule has 4 rings (SSSR count). The fraction of sp³-hybridized carbons (Fsp3) is 0.421. The first-order valence-electron chi connectivity index (χ1n) is 9.73. The topological polar surface area (TPSA) is 128 Å². The van der Waals surface area contributed by atoms with Gasteiger partial charge in [-0.3, -0.25) is 14.6 Å². The molecule has 12 heteroatoms. The van der Waals surface area contributed by atoms with Crippen LogP contribution >= 0.6 is 0 Å². The summed E-state index contributed by atoms with van der Waals surface area (Å²) in [4.78, 5) is 45.7. The quantitative estimate of drug-likeness (QED) is 0.545. The highest BCUT2D eigenvalue weighted by Crippen LogP contribution is 2.39. The van der Waals surface area contributed by atoms with Gasteiger partial charge >= 0.3 is 5.69 Å². The molecule has 0 radical (unpaired) electrons. The molecular weight excluding hydrogens is 412 g/mol. The van der Waals surface area contributed by atoms with Crippen molar-refractivity contribution in [1.29, 1.82) is 0 Å². The molecule has 1 aliphatic heterocycles. The summed E-state index contributed by atoms with van der Waals surface area (Å²) >= 11 is 0. The number of nitrogens with zero attached hydrogens (tertiary/aromatic N) is 4. The molecule has 1 saturated heterocycles. The lowest BCUT2D eigenvalue weighted by atomic mass is 10.0. The molecule has 3 aromatic heterocycles. The second-order valence-electron chi connectivity index (χ2n) is 7.86. The molecule has 4 heterocycles. The van der Waals surface area contributed by atoms with Crippen molar-refractivity contribution in [1.82, 2.24) is 29.9 Å². The fourth-order valence-electron chi connectivity index (χ4n) is 3.71. The summed E-state index contributed by atoms with van der Waals surface area (Å²) in [5, 5.41) is 6.94. The second kappa shape index (κ2) is 7.60. The molecule has 1 amide bonds. The van der Waals surface area contributed by atoms with Crippen molar-refractivity contribution >= 4 is 17.2 Å². The first kappa shape index (κ1) is 20.7. The molecule has 1 unspecified atom stereocenters. The third-order valence-electron chi connectivity index (χ3n) is 5.10. The first-order valence-corrected chi connectivity index (χ1v) is 9.73. The van der Waals surface area contributed by atoms with Crippen molar-refractivity contribution in [2.75, 3.05) is 18.0 Å². The smallest absolute Gasteiger partial charge is 0.325 e. The summed E-state index contributed by atoms with van der Waals surface area (Å²) in [6.07, 6.45) is 3.91. The molecule has 31 heavy (non-hydrogen) atoms. The van der Waals surface area contributed by atoms with Gasteiger partial charge in [-0.1, -0.05) is 0 Å². The lowest BCUT2D eigenvalue weighted by molar-refractivity contribution is -0.125. The predicted molar refractivity (Wildman–Crippen MR) is 108 cm³/mol. The van der Waals surface area contributed by atoms with Gasteiger partial charge in [-0.15, -0.1) is 0 Å². The lowest BCUT2D eigenvalue weighted by Crippen LogP contribution is -2.36. The van der Waals surface area contributed by atoms with E-state index in [0.29, 0.717) is 11.3 Å². The van der Waals surface area contributed by atoms with E-state index in [2.05, 4.69) is 25.4 Å². The van der Waals surface area contributed by atoms with E-state index in [-0.39, 0.29) is 30.3 Å². The number of carbonyl (C=O) groups is 1. The van der Waals surface area contributed by atoms with Crippen LogP contribution in [0.4, 0.5) is 14.5 Å². The highest BCUT2D eigenvalue weighted by atomic mass is 19.3. The molecule has 1 fully saturated rings. The molecular formula is C19H21F2N7O3. The third kappa shape index (κ3) is 4.05. The Bertz CT molecular complexity index is 1250. The van der Waals surface area contributed by atoms with E-state index in [1.807, 2.05) is 0 Å². The van der Waals surface area contributed by atoms with Crippen LogP contribution in [-0.4, -0.2) is 55.5 Å². The zero-order chi connectivity index (χ0) is 22.3. The Morgan fingerprint density at radius 1 is 1.39 bits per heavy atom. The standard InChI is InChI=1S/C19H21F2N7O3/c1-10(2)24-15(29)5-11-8-27(9-19(11,20)21)14-6-13(26-28-4-3-22-16(14)28)12-7-23-18(31)25-17(12)30/h3-4,6-7,10-11H,5,8-9H2,1-2H3,(H,24,29)(H2,23,25,30,31). The fourth-order valence-corrected chi connectivity index (χ4v) is 3.71. The maximum atomic E-state index is 14.7. The average Bonchev–Trinajstić information content (AvgIpc) is 3.24. The second-order valence-corrected chi connectivity index (χ2v) is 7.86. The minimum absolute atomic E-state index is 0.0630. The highest BCUT2D eigenvalue weighted by Gasteiger charge is 2.49. The number of rotatable bonds is 5. The molecule has 1 aliphatic rings. The van der Waals surface area contributed by atoms with Gasteiger partial charge in [-0.2, -0.15) is 5.10 Å². The van der Waals surface area contributed by atoms with Gasteiger partial charge in [0.25, 0.3) is 11.5 Å². The van der Waals surface area contributed by atoms with E-state index < -0.39 is 35.5 Å². The van der Waals surface area contributed by atoms with Crippen molar-refractivity contribution in [3.63, 3.8) is 0 Å². The Hall–Kier alpha value is -3.57. The van der Waals surface area contributed by atoms with Crippen LogP contribution in [0.25, 0.3) is 16.9 Å². The number of H-pyrrole nitrogens is 2. The number of nitrogens with one attached hydrogen (secondary N) is 3. The molecule has 3 aromatic rings. The number of anilines is 1. The highest BCUT2D eigenvalue weighted by molar-refractivity contribution is 5.78. The predicted octanol–water partition coefficient (Wildman–Crippen LogP) is 0.759. The zero-order valence-corrected chi connectivity index (χ0v) is 16.9. The van der Waals surface area contributed by atoms with Crippen molar-refractivity contribution in [2.24, 2.45) is 5.92 Å². The van der Waals surface area contributed by atoms with Crippen LogP contribution in [0.15, 0.2) is 34.2 Å². The summed E-state index contributed by atoms with van der Waals surface area (Å²) in [5.41, 5.74) is -0.367. The van der Waals surface area contributed by atoms with E-state index in [1.165, 1.54) is 34.1 Å². The van der Waals surface area contributed by atoms with E-state index in [4.69, 9.17) is 0 Å². The number of halogens is 2. The van der Waals surface area contributed by atoms with Gasteiger partial charge in [0.15, 0.2) is 5.65 Å². The lowest BCUT2D eigenvalue weighted by Gasteiger charge is -2.19. The normalized spacial score (nSPS) is 18.1. The van der Waals surface area contributed by atoms with E-state index in [1.54, 1.807) is 13.8 Å². The van der Waals surface area contributed by atoms with E-state index in [9.17, 15) is 23.2 Å². The summed E-state index contributed by atoms with van der Waals surface area (Å²) in [5.74, 6) is -4.69. The number of aromatic nitrogens is 5. The van der Waals surface area contributed by atoms with Crippen molar-refractivity contribution in [2.45, 2.75) is 32.2 Å². The molecule has 0 aliphatic carbocycles. The summed E-state index contributed by atoms with van der Waals surface area (Å²) in [6, 6.07) is 1.35. The van der Waals surface area contributed by atoms with Crippen LogP contribution in [0.2, 0.25) is 0 Å². The zero-order valence-electron chi connectivity index (χ0n) is 16.9. The van der Waals surface area contributed by atoms with Gasteiger partial charge < -0.3 is 15.2 Å². The Balaban J connectivity index is 1.71. The first-order chi connectivity index (χ1) is 14.6. The monoisotopic (exact) mass is 433 g/mol. The van der Waals surface area contributed by atoms with Crippen LogP contribution in [0.3, 0.4) is 0 Å². The van der Waals surface area contributed by atoms with Crippen molar-refractivity contribution < 1.29 is 13.6 Å². The number of imidazole rings is 1. The maximum Gasteiger partial charge on any atom is 0.325 e. The van der Waals surface area contributed by atoms with Gasteiger partial charge in [0.2, 0.25) is 5.91 Å². The molecule has 3 N–H and O–H groups in total. The van der Waals surface area contributed by atoms with E-state index >= 15 is 0 Å². The minimum atomic E-state index is -3.09. The number of aromatic amines is 2. The number of hydrogen-bond acceptors (Lipinski definition) is 6. The molecule has 0 bridgehead atoms. The Morgan fingerprint density at radius 3 is 2.87 bits per heavy atom. The van der Waals surface area contributed by atoms with Gasteiger partial charge in [-0.25, -0.2) is 23.1 Å². The number of fused-ring (bicyclic) bond motifs is 1. The van der Waals surface area contributed by atoms with Crippen LogP contribution in [0.5, 0.6) is 0 Å². The maximum absolute atomic E-state index is 14.7. The van der Waals surface area contributed by atoms with Crippen molar-refractivity contribution in [3.8, 4) is 11.3 Å². The van der Waals surface area contributed by atoms with Crippen LogP contribution in [0, 0.1) is 5.92 Å². The number of amides is 1.